The SMILES string of the molecule is C=C(C)CNC(=O)CCc1c(C)noc1C. The summed E-state index contributed by atoms with van der Waals surface area (Å²) in [6.45, 7) is 9.90. The molecule has 0 aliphatic heterocycles. The number of nitrogens with one attached hydrogen (secondary N) is 1. The van der Waals surface area contributed by atoms with Gasteiger partial charge in [-0.1, -0.05) is 17.3 Å². The van der Waals surface area contributed by atoms with E-state index in [1.807, 2.05) is 20.8 Å². The highest BCUT2D eigenvalue weighted by atomic mass is 16.5. The van der Waals surface area contributed by atoms with Crippen LogP contribution in [0, 0.1) is 13.8 Å². The summed E-state index contributed by atoms with van der Waals surface area (Å²) in [7, 11) is 0. The second-order valence-corrected chi connectivity index (χ2v) is 4.04. The lowest BCUT2D eigenvalue weighted by Gasteiger charge is -2.04. The molecule has 0 saturated carbocycles. The van der Waals surface area contributed by atoms with Gasteiger partial charge in [-0.2, -0.15) is 0 Å². The van der Waals surface area contributed by atoms with Gasteiger partial charge in [-0.3, -0.25) is 4.79 Å². The number of carbonyl (C=O) groups excluding carboxylic acids is 1. The topological polar surface area (TPSA) is 55.1 Å². The Bertz CT molecular complexity index is 374. The number of nitrogens with zero attached hydrogens (tertiary/aromatic N) is 1. The molecule has 0 bridgehead atoms. The van der Waals surface area contributed by atoms with E-state index in [2.05, 4.69) is 17.1 Å². The molecule has 0 atom stereocenters. The van der Waals surface area contributed by atoms with Crippen molar-refractivity contribution in [2.24, 2.45) is 0 Å². The fraction of sp³-hybridized carbons (Fsp3) is 0.500. The van der Waals surface area contributed by atoms with Crippen LogP contribution in [0.2, 0.25) is 0 Å². The lowest BCUT2D eigenvalue weighted by molar-refractivity contribution is -0.120. The van der Waals surface area contributed by atoms with Crippen molar-refractivity contribution >= 4 is 5.91 Å². The lowest BCUT2D eigenvalue weighted by atomic mass is 10.1. The number of aromatic nitrogens is 1. The highest BCUT2D eigenvalue weighted by Crippen LogP contribution is 2.13. The van der Waals surface area contributed by atoms with Gasteiger partial charge in [-0.25, -0.2) is 0 Å². The minimum absolute atomic E-state index is 0.0306. The molecule has 16 heavy (non-hydrogen) atoms. The third-order valence-corrected chi connectivity index (χ3v) is 2.37. The van der Waals surface area contributed by atoms with Gasteiger partial charge in [0, 0.05) is 18.5 Å². The summed E-state index contributed by atoms with van der Waals surface area (Å²) in [6, 6.07) is 0. The first-order valence-electron chi connectivity index (χ1n) is 5.33. The van der Waals surface area contributed by atoms with Crippen LogP contribution >= 0.6 is 0 Å². The van der Waals surface area contributed by atoms with E-state index in [4.69, 9.17) is 4.52 Å². The number of aryl methyl sites for hydroxylation is 2. The van der Waals surface area contributed by atoms with Crippen molar-refractivity contribution < 1.29 is 9.32 Å². The standard InChI is InChI=1S/C12H18N2O2/c1-8(2)7-13-12(15)6-5-11-9(3)14-16-10(11)4/h1,5-7H2,2-4H3,(H,13,15). The van der Waals surface area contributed by atoms with Crippen LogP contribution in [-0.4, -0.2) is 17.6 Å². The van der Waals surface area contributed by atoms with Crippen LogP contribution in [0.25, 0.3) is 0 Å². The summed E-state index contributed by atoms with van der Waals surface area (Å²) in [5, 5.41) is 6.64. The Labute approximate surface area is 95.7 Å². The molecular weight excluding hydrogens is 204 g/mol. The monoisotopic (exact) mass is 222 g/mol. The Morgan fingerprint density at radius 2 is 2.19 bits per heavy atom. The van der Waals surface area contributed by atoms with Crippen molar-refractivity contribution in [2.45, 2.75) is 33.6 Å². The van der Waals surface area contributed by atoms with Crippen LogP contribution in [0.15, 0.2) is 16.7 Å². The maximum absolute atomic E-state index is 11.5. The van der Waals surface area contributed by atoms with E-state index in [9.17, 15) is 4.79 Å². The Morgan fingerprint density at radius 1 is 1.50 bits per heavy atom. The molecule has 1 aromatic rings. The molecule has 0 aliphatic rings. The molecule has 4 heteroatoms. The van der Waals surface area contributed by atoms with E-state index in [1.54, 1.807) is 0 Å². The minimum atomic E-state index is 0.0306. The molecule has 0 aromatic carbocycles. The van der Waals surface area contributed by atoms with Gasteiger partial charge in [0.2, 0.25) is 5.91 Å². The zero-order chi connectivity index (χ0) is 12.1. The third kappa shape index (κ3) is 3.53. The second kappa shape index (κ2) is 5.49. The zero-order valence-corrected chi connectivity index (χ0v) is 10.1. The highest BCUT2D eigenvalue weighted by molar-refractivity contribution is 5.76. The third-order valence-electron chi connectivity index (χ3n) is 2.37. The van der Waals surface area contributed by atoms with E-state index in [0.717, 1.165) is 22.6 Å². The Kier molecular flexibility index (Phi) is 4.28. The summed E-state index contributed by atoms with van der Waals surface area (Å²) < 4.78 is 5.03. The Hall–Kier alpha value is -1.58. The maximum Gasteiger partial charge on any atom is 0.220 e. The van der Waals surface area contributed by atoms with Crippen molar-refractivity contribution in [1.82, 2.24) is 10.5 Å². The summed E-state index contributed by atoms with van der Waals surface area (Å²) in [5.74, 6) is 0.827. The van der Waals surface area contributed by atoms with Crippen LogP contribution in [-0.2, 0) is 11.2 Å². The second-order valence-electron chi connectivity index (χ2n) is 4.04. The molecule has 0 fully saturated rings. The van der Waals surface area contributed by atoms with Gasteiger partial charge in [-0.05, 0) is 27.2 Å². The van der Waals surface area contributed by atoms with Crippen LogP contribution in [0.5, 0.6) is 0 Å². The summed E-state index contributed by atoms with van der Waals surface area (Å²) in [6.07, 6.45) is 1.12. The quantitative estimate of drug-likeness (QED) is 0.774. The molecule has 88 valence electrons. The number of amides is 1. The molecular formula is C12H18N2O2. The van der Waals surface area contributed by atoms with E-state index in [1.165, 1.54) is 0 Å². The van der Waals surface area contributed by atoms with Gasteiger partial charge in [0.25, 0.3) is 0 Å². The molecule has 1 aromatic heterocycles. The van der Waals surface area contributed by atoms with Crippen LogP contribution < -0.4 is 5.32 Å². The first-order valence-corrected chi connectivity index (χ1v) is 5.33. The summed E-state index contributed by atoms with van der Waals surface area (Å²) in [5.41, 5.74) is 2.85. The average Bonchev–Trinajstić information content (AvgIpc) is 2.53. The average molecular weight is 222 g/mol. The van der Waals surface area contributed by atoms with E-state index < -0.39 is 0 Å². The number of hydrogen-bond donors (Lipinski definition) is 1. The lowest BCUT2D eigenvalue weighted by Crippen LogP contribution is -2.25. The smallest absolute Gasteiger partial charge is 0.220 e. The molecule has 1 rings (SSSR count). The van der Waals surface area contributed by atoms with E-state index in [0.29, 0.717) is 19.4 Å². The molecule has 0 saturated heterocycles. The van der Waals surface area contributed by atoms with Gasteiger partial charge < -0.3 is 9.84 Å². The summed E-state index contributed by atoms with van der Waals surface area (Å²) in [4.78, 5) is 11.5. The van der Waals surface area contributed by atoms with Crippen molar-refractivity contribution in [3.05, 3.63) is 29.2 Å². The zero-order valence-electron chi connectivity index (χ0n) is 10.1. The van der Waals surface area contributed by atoms with Crippen molar-refractivity contribution in [3.63, 3.8) is 0 Å². The van der Waals surface area contributed by atoms with Gasteiger partial charge in [0.15, 0.2) is 0 Å². The molecule has 1 N–H and O–H groups in total. The van der Waals surface area contributed by atoms with Crippen molar-refractivity contribution in [3.8, 4) is 0 Å². The van der Waals surface area contributed by atoms with Gasteiger partial charge >= 0.3 is 0 Å². The first-order chi connectivity index (χ1) is 7.50. The van der Waals surface area contributed by atoms with Crippen LogP contribution in [0.4, 0.5) is 0 Å². The highest BCUT2D eigenvalue weighted by Gasteiger charge is 2.10. The molecule has 1 amide bonds. The Balaban J connectivity index is 2.40. The van der Waals surface area contributed by atoms with Crippen LogP contribution in [0.3, 0.4) is 0 Å². The predicted octanol–water partition coefficient (Wildman–Crippen LogP) is 1.92. The molecule has 0 aliphatic carbocycles. The fourth-order valence-corrected chi connectivity index (χ4v) is 1.44. The normalized spacial score (nSPS) is 10.2. The Morgan fingerprint density at radius 3 is 2.69 bits per heavy atom. The van der Waals surface area contributed by atoms with Gasteiger partial charge in [-0.15, -0.1) is 0 Å². The largest absolute Gasteiger partial charge is 0.361 e. The molecule has 0 spiro atoms. The number of hydrogen-bond acceptors (Lipinski definition) is 3. The first kappa shape index (κ1) is 12.5. The number of carbonyl (C=O) groups is 1. The van der Waals surface area contributed by atoms with E-state index >= 15 is 0 Å². The minimum Gasteiger partial charge on any atom is -0.361 e. The number of rotatable bonds is 5. The molecule has 4 nitrogen and oxygen atoms in total. The van der Waals surface area contributed by atoms with Gasteiger partial charge in [0.1, 0.15) is 5.76 Å². The van der Waals surface area contributed by atoms with E-state index in [-0.39, 0.29) is 5.91 Å². The predicted molar refractivity (Wildman–Crippen MR) is 62.1 cm³/mol. The van der Waals surface area contributed by atoms with Gasteiger partial charge in [0.05, 0.1) is 5.69 Å². The van der Waals surface area contributed by atoms with Crippen LogP contribution in [0.1, 0.15) is 30.4 Å². The fourth-order valence-electron chi connectivity index (χ4n) is 1.44. The summed E-state index contributed by atoms with van der Waals surface area (Å²) >= 11 is 0. The van der Waals surface area contributed by atoms with Crippen molar-refractivity contribution in [1.29, 1.82) is 0 Å². The molecule has 0 unspecified atom stereocenters. The molecule has 1 heterocycles. The van der Waals surface area contributed by atoms with Crippen molar-refractivity contribution in [2.75, 3.05) is 6.54 Å². The maximum atomic E-state index is 11.5. The molecule has 0 radical (unpaired) electrons.